The van der Waals surface area contributed by atoms with Gasteiger partial charge in [-0.25, -0.2) is 6.57 Å². The van der Waals surface area contributed by atoms with E-state index in [1.165, 1.54) is 0 Å². The SMILES string of the molecule is [C-]#[N+]C1(c2ccc(CC(=O)OCC)cc2)CC1. The Morgan fingerprint density at radius 3 is 2.53 bits per heavy atom. The van der Waals surface area contributed by atoms with E-state index < -0.39 is 0 Å². The molecule has 3 heteroatoms. The Morgan fingerprint density at radius 2 is 2.06 bits per heavy atom. The molecule has 88 valence electrons. The first kappa shape index (κ1) is 11.7. The van der Waals surface area contributed by atoms with Gasteiger partial charge in [0.25, 0.3) is 5.54 Å². The van der Waals surface area contributed by atoms with Crippen molar-refractivity contribution in [3.63, 3.8) is 0 Å². The lowest BCUT2D eigenvalue weighted by molar-refractivity contribution is -0.142. The molecule has 3 nitrogen and oxygen atoms in total. The van der Waals surface area contributed by atoms with Gasteiger partial charge in [-0.3, -0.25) is 4.79 Å². The Bertz CT molecular complexity index is 452. The summed E-state index contributed by atoms with van der Waals surface area (Å²) in [4.78, 5) is 15.0. The maximum Gasteiger partial charge on any atom is 0.310 e. The van der Waals surface area contributed by atoms with Crippen LogP contribution in [0.25, 0.3) is 4.85 Å². The molecule has 0 amide bonds. The van der Waals surface area contributed by atoms with E-state index in [1.807, 2.05) is 24.3 Å². The molecular formula is C14H15NO2. The third kappa shape index (κ3) is 2.47. The lowest BCUT2D eigenvalue weighted by Crippen LogP contribution is -2.08. The van der Waals surface area contributed by atoms with Gasteiger partial charge in [0, 0.05) is 18.4 Å². The molecule has 0 unspecified atom stereocenters. The van der Waals surface area contributed by atoms with Crippen LogP contribution in [0.15, 0.2) is 24.3 Å². The molecule has 0 heterocycles. The molecule has 1 fully saturated rings. The molecule has 2 rings (SSSR count). The first-order chi connectivity index (χ1) is 8.20. The molecule has 0 radical (unpaired) electrons. The average molecular weight is 229 g/mol. The van der Waals surface area contributed by atoms with Crippen molar-refractivity contribution < 1.29 is 9.53 Å². The maximum absolute atomic E-state index is 11.3. The number of rotatable bonds is 4. The Kier molecular flexibility index (Phi) is 3.14. The van der Waals surface area contributed by atoms with Crippen LogP contribution in [-0.2, 0) is 21.5 Å². The van der Waals surface area contributed by atoms with Gasteiger partial charge in [-0.1, -0.05) is 24.3 Å². The molecule has 1 aromatic carbocycles. The van der Waals surface area contributed by atoms with Crippen LogP contribution >= 0.6 is 0 Å². The van der Waals surface area contributed by atoms with Gasteiger partial charge in [0.2, 0.25) is 0 Å². The topological polar surface area (TPSA) is 30.7 Å². The summed E-state index contributed by atoms with van der Waals surface area (Å²) < 4.78 is 4.89. The predicted octanol–water partition coefficient (Wildman–Crippen LogP) is 2.70. The van der Waals surface area contributed by atoms with Crippen molar-refractivity contribution in [2.75, 3.05) is 6.61 Å². The number of carbonyl (C=O) groups excluding carboxylic acids is 1. The van der Waals surface area contributed by atoms with E-state index in [-0.39, 0.29) is 11.5 Å². The highest BCUT2D eigenvalue weighted by molar-refractivity contribution is 5.72. The van der Waals surface area contributed by atoms with E-state index in [2.05, 4.69) is 4.85 Å². The standard InChI is InChI=1S/C14H15NO2/c1-3-17-13(16)10-11-4-6-12(7-5-11)14(15-2)8-9-14/h4-7H,3,8-10H2,1H3. The van der Waals surface area contributed by atoms with E-state index in [4.69, 9.17) is 11.3 Å². The van der Waals surface area contributed by atoms with Crippen LogP contribution in [-0.4, -0.2) is 12.6 Å². The summed E-state index contributed by atoms with van der Waals surface area (Å²) in [5.74, 6) is -0.202. The van der Waals surface area contributed by atoms with E-state index in [0.29, 0.717) is 13.0 Å². The summed E-state index contributed by atoms with van der Waals surface area (Å²) in [6.07, 6.45) is 2.21. The molecule has 0 atom stereocenters. The second kappa shape index (κ2) is 4.58. The fourth-order valence-corrected chi connectivity index (χ4v) is 1.89. The highest BCUT2D eigenvalue weighted by Gasteiger charge is 2.52. The van der Waals surface area contributed by atoms with Crippen molar-refractivity contribution in [1.82, 2.24) is 0 Å². The zero-order valence-corrected chi connectivity index (χ0v) is 9.90. The number of benzene rings is 1. The Balaban J connectivity index is 2.04. The van der Waals surface area contributed by atoms with Crippen molar-refractivity contribution in [3.8, 4) is 0 Å². The number of nitrogens with zero attached hydrogens (tertiary/aromatic N) is 1. The molecule has 1 aliphatic carbocycles. The Hall–Kier alpha value is -1.82. The van der Waals surface area contributed by atoms with Crippen LogP contribution in [0.4, 0.5) is 0 Å². The summed E-state index contributed by atoms with van der Waals surface area (Å²) in [5, 5.41) is 0. The number of hydrogen-bond acceptors (Lipinski definition) is 2. The smallest absolute Gasteiger partial charge is 0.310 e. The van der Waals surface area contributed by atoms with Crippen molar-refractivity contribution >= 4 is 5.97 Å². The monoisotopic (exact) mass is 229 g/mol. The van der Waals surface area contributed by atoms with Crippen LogP contribution in [0.3, 0.4) is 0 Å². The fourth-order valence-electron chi connectivity index (χ4n) is 1.89. The number of carbonyl (C=O) groups is 1. The van der Waals surface area contributed by atoms with Crippen LogP contribution in [0.1, 0.15) is 30.9 Å². The van der Waals surface area contributed by atoms with E-state index >= 15 is 0 Å². The zero-order chi connectivity index (χ0) is 12.3. The summed E-state index contributed by atoms with van der Waals surface area (Å²) >= 11 is 0. The minimum atomic E-state index is -0.261. The normalized spacial score (nSPS) is 16.0. The maximum atomic E-state index is 11.3. The quantitative estimate of drug-likeness (QED) is 0.587. The van der Waals surface area contributed by atoms with Crippen molar-refractivity contribution in [3.05, 3.63) is 46.8 Å². The average Bonchev–Trinajstić information content (AvgIpc) is 3.11. The Morgan fingerprint density at radius 1 is 1.41 bits per heavy atom. The van der Waals surface area contributed by atoms with E-state index in [9.17, 15) is 4.79 Å². The van der Waals surface area contributed by atoms with Gasteiger partial charge in [0.05, 0.1) is 13.0 Å². The molecule has 0 bridgehead atoms. The molecule has 0 aromatic heterocycles. The second-order valence-electron chi connectivity index (χ2n) is 4.32. The molecular weight excluding hydrogens is 214 g/mol. The van der Waals surface area contributed by atoms with Gasteiger partial charge < -0.3 is 9.58 Å². The minimum absolute atomic E-state index is 0.202. The summed E-state index contributed by atoms with van der Waals surface area (Å²) in [6, 6.07) is 7.74. The summed E-state index contributed by atoms with van der Waals surface area (Å²) in [6.45, 7) is 9.39. The van der Waals surface area contributed by atoms with Gasteiger partial charge in [-0.05, 0) is 12.5 Å². The van der Waals surface area contributed by atoms with Crippen LogP contribution in [0, 0.1) is 6.57 Å². The predicted molar refractivity (Wildman–Crippen MR) is 64.3 cm³/mol. The second-order valence-corrected chi connectivity index (χ2v) is 4.32. The van der Waals surface area contributed by atoms with Gasteiger partial charge >= 0.3 is 5.97 Å². The number of esters is 1. The molecule has 0 saturated heterocycles. The first-order valence-electron chi connectivity index (χ1n) is 5.84. The largest absolute Gasteiger partial charge is 0.466 e. The summed E-state index contributed by atoms with van der Waals surface area (Å²) in [7, 11) is 0. The lowest BCUT2D eigenvalue weighted by Gasteiger charge is -2.05. The molecule has 0 N–H and O–H groups in total. The van der Waals surface area contributed by atoms with Crippen molar-refractivity contribution in [2.24, 2.45) is 0 Å². The molecule has 1 aliphatic rings. The first-order valence-corrected chi connectivity index (χ1v) is 5.84. The highest BCUT2D eigenvalue weighted by Crippen LogP contribution is 2.49. The molecule has 17 heavy (non-hydrogen) atoms. The third-order valence-corrected chi connectivity index (χ3v) is 3.08. The molecule has 0 spiro atoms. The van der Waals surface area contributed by atoms with E-state index in [1.54, 1.807) is 6.92 Å². The van der Waals surface area contributed by atoms with Crippen molar-refractivity contribution in [1.29, 1.82) is 0 Å². The van der Waals surface area contributed by atoms with Crippen molar-refractivity contribution in [2.45, 2.75) is 31.7 Å². The van der Waals surface area contributed by atoms with Crippen LogP contribution < -0.4 is 0 Å². The van der Waals surface area contributed by atoms with Gasteiger partial charge in [-0.2, -0.15) is 0 Å². The summed E-state index contributed by atoms with van der Waals surface area (Å²) in [5.41, 5.74) is 1.75. The number of hydrogen-bond donors (Lipinski definition) is 0. The van der Waals surface area contributed by atoms with Gasteiger partial charge in [0.1, 0.15) is 0 Å². The fraction of sp³-hybridized carbons (Fsp3) is 0.429. The molecule has 1 aromatic rings. The van der Waals surface area contributed by atoms with Crippen LogP contribution in [0.5, 0.6) is 0 Å². The lowest BCUT2D eigenvalue weighted by atomic mass is 10.0. The zero-order valence-electron chi connectivity index (χ0n) is 9.90. The third-order valence-electron chi connectivity index (χ3n) is 3.08. The van der Waals surface area contributed by atoms with Crippen LogP contribution in [0.2, 0.25) is 0 Å². The highest BCUT2D eigenvalue weighted by atomic mass is 16.5. The minimum Gasteiger partial charge on any atom is -0.466 e. The van der Waals surface area contributed by atoms with E-state index in [0.717, 1.165) is 24.0 Å². The van der Waals surface area contributed by atoms with Gasteiger partial charge in [-0.15, -0.1) is 0 Å². The molecule has 0 aliphatic heterocycles. The Labute approximate surface area is 101 Å². The molecule has 1 saturated carbocycles. The van der Waals surface area contributed by atoms with Gasteiger partial charge in [0.15, 0.2) is 0 Å². The number of ether oxygens (including phenoxy) is 1.